The highest BCUT2D eigenvalue weighted by Crippen LogP contribution is 2.20. The van der Waals surface area contributed by atoms with E-state index in [0.717, 1.165) is 5.56 Å². The Balaban J connectivity index is 2.22. The second-order valence-electron chi connectivity index (χ2n) is 8.78. The number of aliphatic carboxylic acids is 1. The van der Waals surface area contributed by atoms with Gasteiger partial charge in [0.15, 0.2) is 0 Å². The average Bonchev–Trinajstić information content (AvgIpc) is 3.26. The van der Waals surface area contributed by atoms with E-state index < -0.39 is 54.0 Å². The summed E-state index contributed by atoms with van der Waals surface area (Å²) in [5.41, 5.74) is 6.49. The van der Waals surface area contributed by atoms with Crippen LogP contribution in [0.3, 0.4) is 0 Å². The van der Waals surface area contributed by atoms with Crippen LogP contribution in [0.25, 0.3) is 0 Å². The first-order valence-electron chi connectivity index (χ1n) is 11.1. The van der Waals surface area contributed by atoms with E-state index in [0.29, 0.717) is 19.4 Å². The van der Waals surface area contributed by atoms with Gasteiger partial charge >= 0.3 is 5.97 Å². The summed E-state index contributed by atoms with van der Waals surface area (Å²) in [6.07, 6.45) is -0.0286. The van der Waals surface area contributed by atoms with Gasteiger partial charge in [0.1, 0.15) is 24.2 Å². The number of carbonyl (C=O) groups excluding carboxylic acids is 3. The number of carboxylic acids is 1. The van der Waals surface area contributed by atoms with E-state index >= 15 is 0 Å². The standard InChI is InChI=1S/C23H34N4O6/c1-13(2)19(22(31)27-11-7-10-17(27)23(32)33)26-20(29)16(12-15-8-5-4-6-9-15)25-21(30)18(24)14(3)28/h4-6,8-9,13-14,16-19,28H,7,10-12,24H2,1-3H3,(H,25,30)(H,26,29)(H,32,33). The number of nitrogens with zero attached hydrogens (tertiary/aromatic N) is 1. The van der Waals surface area contributed by atoms with E-state index in [4.69, 9.17) is 5.73 Å². The number of hydrogen-bond donors (Lipinski definition) is 5. The van der Waals surface area contributed by atoms with Gasteiger partial charge in [0.2, 0.25) is 17.7 Å². The molecule has 0 saturated carbocycles. The number of carbonyl (C=O) groups is 4. The number of likely N-dealkylation sites (tertiary alicyclic amines) is 1. The molecule has 3 amide bonds. The molecule has 0 aliphatic carbocycles. The second kappa shape index (κ2) is 11.8. The van der Waals surface area contributed by atoms with Crippen LogP contribution in [-0.2, 0) is 25.6 Å². The van der Waals surface area contributed by atoms with Crippen LogP contribution in [-0.4, -0.2) is 75.6 Å². The summed E-state index contributed by atoms with van der Waals surface area (Å²) in [6, 6.07) is 4.87. The smallest absolute Gasteiger partial charge is 0.326 e. The van der Waals surface area contributed by atoms with E-state index in [1.165, 1.54) is 11.8 Å². The van der Waals surface area contributed by atoms with E-state index in [9.17, 15) is 29.4 Å². The molecule has 182 valence electrons. The molecule has 5 atom stereocenters. The lowest BCUT2D eigenvalue weighted by Gasteiger charge is -2.31. The van der Waals surface area contributed by atoms with Crippen molar-refractivity contribution in [1.82, 2.24) is 15.5 Å². The van der Waals surface area contributed by atoms with E-state index in [1.54, 1.807) is 38.1 Å². The van der Waals surface area contributed by atoms with Crippen molar-refractivity contribution in [2.45, 2.75) is 70.3 Å². The highest BCUT2D eigenvalue weighted by atomic mass is 16.4. The summed E-state index contributed by atoms with van der Waals surface area (Å²) < 4.78 is 0. The van der Waals surface area contributed by atoms with Crippen LogP contribution in [0.5, 0.6) is 0 Å². The maximum absolute atomic E-state index is 13.2. The fourth-order valence-corrected chi connectivity index (χ4v) is 3.78. The van der Waals surface area contributed by atoms with Gasteiger partial charge in [-0.15, -0.1) is 0 Å². The van der Waals surface area contributed by atoms with Gasteiger partial charge in [-0.25, -0.2) is 4.79 Å². The molecule has 6 N–H and O–H groups in total. The summed E-state index contributed by atoms with van der Waals surface area (Å²) in [5, 5.41) is 24.3. The van der Waals surface area contributed by atoms with Gasteiger partial charge in [-0.1, -0.05) is 44.2 Å². The maximum Gasteiger partial charge on any atom is 0.326 e. The molecular weight excluding hydrogens is 428 g/mol. The van der Waals surface area contributed by atoms with Crippen LogP contribution in [0, 0.1) is 5.92 Å². The lowest BCUT2D eigenvalue weighted by Crippen LogP contribution is -2.59. The molecule has 33 heavy (non-hydrogen) atoms. The number of amides is 3. The molecule has 1 aromatic carbocycles. The van der Waals surface area contributed by atoms with E-state index in [2.05, 4.69) is 10.6 Å². The minimum atomic E-state index is -1.22. The Labute approximate surface area is 193 Å². The van der Waals surface area contributed by atoms with Gasteiger partial charge in [0.05, 0.1) is 6.10 Å². The summed E-state index contributed by atoms with van der Waals surface area (Å²) >= 11 is 0. The molecule has 10 heteroatoms. The molecule has 10 nitrogen and oxygen atoms in total. The van der Waals surface area contributed by atoms with Crippen molar-refractivity contribution < 1.29 is 29.4 Å². The van der Waals surface area contributed by atoms with Gasteiger partial charge in [0, 0.05) is 13.0 Å². The number of rotatable bonds is 10. The number of aliphatic hydroxyl groups is 1. The quantitative estimate of drug-likeness (QED) is 0.317. The first-order valence-corrected chi connectivity index (χ1v) is 11.1. The third-order valence-corrected chi connectivity index (χ3v) is 5.79. The first kappa shape index (κ1) is 26.3. The minimum absolute atomic E-state index is 0.144. The minimum Gasteiger partial charge on any atom is -0.480 e. The second-order valence-corrected chi connectivity index (χ2v) is 8.78. The predicted octanol–water partition coefficient (Wildman–Crippen LogP) is -0.362. The number of benzene rings is 1. The molecule has 1 saturated heterocycles. The normalized spacial score (nSPS) is 19.5. The third-order valence-electron chi connectivity index (χ3n) is 5.79. The molecule has 1 aliphatic rings. The number of nitrogens with two attached hydrogens (primary N) is 1. The summed E-state index contributed by atoms with van der Waals surface area (Å²) in [5.74, 6) is -3.14. The van der Waals surface area contributed by atoms with Crippen molar-refractivity contribution >= 4 is 23.7 Å². The van der Waals surface area contributed by atoms with Crippen LogP contribution in [0.15, 0.2) is 30.3 Å². The molecule has 0 aromatic heterocycles. The zero-order valence-electron chi connectivity index (χ0n) is 19.2. The van der Waals surface area contributed by atoms with Crippen LogP contribution in [0.4, 0.5) is 0 Å². The third kappa shape index (κ3) is 7.00. The van der Waals surface area contributed by atoms with Gasteiger partial charge in [-0.2, -0.15) is 0 Å². The zero-order chi connectivity index (χ0) is 24.7. The Bertz CT molecular complexity index is 845. The Morgan fingerprint density at radius 1 is 1.09 bits per heavy atom. The number of carboxylic acid groups (broad SMARTS) is 1. The van der Waals surface area contributed by atoms with Crippen molar-refractivity contribution in [3.8, 4) is 0 Å². The van der Waals surface area contributed by atoms with Crippen molar-refractivity contribution in [3.63, 3.8) is 0 Å². The summed E-state index contributed by atoms with van der Waals surface area (Å²) in [6.45, 7) is 5.19. The lowest BCUT2D eigenvalue weighted by atomic mass is 9.99. The largest absolute Gasteiger partial charge is 0.480 e. The Morgan fingerprint density at radius 2 is 1.73 bits per heavy atom. The molecule has 0 bridgehead atoms. The number of aliphatic hydroxyl groups excluding tert-OH is 1. The molecule has 0 radical (unpaired) electrons. The summed E-state index contributed by atoms with van der Waals surface area (Å²) in [4.78, 5) is 51.6. The highest BCUT2D eigenvalue weighted by Gasteiger charge is 2.39. The molecule has 1 heterocycles. The number of hydrogen-bond acceptors (Lipinski definition) is 6. The number of nitrogens with one attached hydrogen (secondary N) is 2. The monoisotopic (exact) mass is 462 g/mol. The van der Waals surface area contributed by atoms with Crippen LogP contribution >= 0.6 is 0 Å². The molecule has 1 aromatic rings. The van der Waals surface area contributed by atoms with Crippen molar-refractivity contribution in [3.05, 3.63) is 35.9 Å². The molecule has 1 fully saturated rings. The molecule has 5 unspecified atom stereocenters. The predicted molar refractivity (Wildman–Crippen MR) is 121 cm³/mol. The van der Waals surface area contributed by atoms with Gasteiger partial charge in [-0.3, -0.25) is 14.4 Å². The van der Waals surface area contributed by atoms with E-state index in [-0.39, 0.29) is 12.3 Å². The molecule has 0 spiro atoms. The average molecular weight is 463 g/mol. The lowest BCUT2D eigenvalue weighted by molar-refractivity contribution is -0.150. The fraction of sp³-hybridized carbons (Fsp3) is 0.565. The van der Waals surface area contributed by atoms with Crippen molar-refractivity contribution in [1.29, 1.82) is 0 Å². The van der Waals surface area contributed by atoms with Crippen molar-refractivity contribution in [2.75, 3.05) is 6.54 Å². The van der Waals surface area contributed by atoms with Crippen LogP contribution in [0.2, 0.25) is 0 Å². The molecular formula is C23H34N4O6. The Morgan fingerprint density at radius 3 is 2.27 bits per heavy atom. The highest BCUT2D eigenvalue weighted by molar-refractivity contribution is 5.94. The maximum atomic E-state index is 13.2. The molecule has 1 aliphatic heterocycles. The van der Waals surface area contributed by atoms with E-state index in [1.807, 2.05) is 6.07 Å². The van der Waals surface area contributed by atoms with Crippen LogP contribution in [0.1, 0.15) is 39.2 Å². The van der Waals surface area contributed by atoms with Crippen molar-refractivity contribution in [2.24, 2.45) is 11.7 Å². The van der Waals surface area contributed by atoms with Gasteiger partial charge in [-0.05, 0) is 31.2 Å². The summed E-state index contributed by atoms with van der Waals surface area (Å²) in [7, 11) is 0. The van der Waals surface area contributed by atoms with Crippen LogP contribution < -0.4 is 16.4 Å². The zero-order valence-corrected chi connectivity index (χ0v) is 19.2. The molecule has 2 rings (SSSR count). The van der Waals surface area contributed by atoms with Gasteiger partial charge in [0.25, 0.3) is 0 Å². The Kier molecular flexibility index (Phi) is 9.36. The van der Waals surface area contributed by atoms with Gasteiger partial charge < -0.3 is 31.5 Å². The topological polar surface area (TPSA) is 162 Å². The Hall–Kier alpha value is -2.98. The SMILES string of the molecule is CC(C)C(NC(=O)C(Cc1ccccc1)NC(=O)C(N)C(C)O)C(=O)N1CCCC1C(=O)O. The fourth-order valence-electron chi connectivity index (χ4n) is 3.78. The first-order chi connectivity index (χ1) is 15.5.